The van der Waals surface area contributed by atoms with Crippen molar-refractivity contribution in [3.8, 4) is 0 Å². The van der Waals surface area contributed by atoms with Crippen LogP contribution in [0, 0.1) is 0 Å². The largest absolute Gasteiger partial charge is 0.394 e. The molecule has 30 heavy (non-hydrogen) atoms. The van der Waals surface area contributed by atoms with E-state index in [1.54, 1.807) is 0 Å². The number of aliphatic hydroxyl groups is 3. The first-order chi connectivity index (χ1) is 14.5. The molecule has 4 atom stereocenters. The zero-order valence-corrected chi connectivity index (χ0v) is 16.6. The van der Waals surface area contributed by atoms with Gasteiger partial charge in [-0.25, -0.2) is 4.98 Å². The molecular weight excluding hydrogens is 410 g/mol. The minimum Gasteiger partial charge on any atom is -0.394 e. The van der Waals surface area contributed by atoms with E-state index in [9.17, 15) is 20.1 Å². The topological polar surface area (TPSA) is 160 Å². The van der Waals surface area contributed by atoms with Crippen LogP contribution in [-0.4, -0.2) is 65.5 Å². The number of nitrogens with zero attached hydrogens (tertiary/aromatic N) is 3. The number of fused-ring (bicyclic) bond motifs is 1. The highest BCUT2D eigenvalue weighted by Gasteiger charge is 2.45. The molecule has 158 valence electrons. The molecule has 3 heterocycles. The minimum atomic E-state index is -1.35. The average Bonchev–Trinajstić information content (AvgIpc) is 3.23. The molecule has 0 amide bonds. The molecule has 11 heteroatoms. The second-order valence-electron chi connectivity index (χ2n) is 6.74. The van der Waals surface area contributed by atoms with Gasteiger partial charge in [0.15, 0.2) is 22.5 Å². The number of benzene rings is 1. The number of aliphatic hydroxyl groups excluding tert-OH is 3. The van der Waals surface area contributed by atoms with E-state index in [1.807, 2.05) is 42.5 Å². The summed E-state index contributed by atoms with van der Waals surface area (Å²) in [6, 6.07) is 9.77. The van der Waals surface area contributed by atoms with Crippen molar-refractivity contribution in [3.05, 3.63) is 52.3 Å². The third kappa shape index (κ3) is 3.85. The van der Waals surface area contributed by atoms with Crippen LogP contribution in [0.15, 0.2) is 46.4 Å². The Kier molecular flexibility index (Phi) is 5.88. The molecule has 1 fully saturated rings. The van der Waals surface area contributed by atoms with Gasteiger partial charge in [0.25, 0.3) is 5.56 Å². The van der Waals surface area contributed by atoms with E-state index in [0.717, 1.165) is 5.56 Å². The van der Waals surface area contributed by atoms with Crippen molar-refractivity contribution >= 4 is 35.0 Å². The average molecular weight is 431 g/mol. The molecule has 1 aromatic carbocycles. The fourth-order valence-corrected chi connectivity index (χ4v) is 4.10. The molecule has 1 saturated heterocycles. The molecule has 0 spiro atoms. The number of nitrogens with one attached hydrogen (secondary N) is 1. The van der Waals surface area contributed by atoms with Gasteiger partial charge in [-0.1, -0.05) is 54.2 Å². The first-order valence-corrected chi connectivity index (χ1v) is 10.2. The van der Waals surface area contributed by atoms with Crippen LogP contribution in [0.2, 0.25) is 0 Å². The number of aromatic amines is 1. The molecule has 6 N–H and O–H groups in total. The highest BCUT2D eigenvalue weighted by Crippen LogP contribution is 2.35. The number of thioether (sulfide) groups is 1. The van der Waals surface area contributed by atoms with Gasteiger partial charge < -0.3 is 25.8 Å². The summed E-state index contributed by atoms with van der Waals surface area (Å²) in [5.74, 6) is 0.404. The molecular formula is C19H21N5O5S. The standard InChI is InChI=1S/C19H21N5O5S/c20-18-22-15-12(16(28)23-18)21-19(30-8-4-7-10-5-2-1-3-6-10)24(15)17-14(27)13(26)11(9-25)29-17/h1-7,11,13-14,17,25-27H,8-9H2,(H3,20,22,23,28)/b7-4+/t11-,13?,14?,17-/m1/s1. The molecule has 0 radical (unpaired) electrons. The smallest absolute Gasteiger partial charge is 0.280 e. The normalized spacial score (nSPS) is 24.2. The third-order valence-corrected chi connectivity index (χ3v) is 5.63. The molecule has 10 nitrogen and oxygen atoms in total. The number of nitrogen functional groups attached to an aromatic ring is 1. The predicted molar refractivity (Wildman–Crippen MR) is 112 cm³/mol. The van der Waals surface area contributed by atoms with Gasteiger partial charge in [0.1, 0.15) is 18.3 Å². The number of aromatic nitrogens is 4. The molecule has 1 aliphatic rings. The third-order valence-electron chi connectivity index (χ3n) is 4.73. The number of nitrogens with two attached hydrogens (primary N) is 1. The van der Waals surface area contributed by atoms with Crippen molar-refractivity contribution in [2.45, 2.75) is 29.7 Å². The van der Waals surface area contributed by atoms with Crippen molar-refractivity contribution in [1.29, 1.82) is 0 Å². The minimum absolute atomic E-state index is 0.0384. The number of rotatable bonds is 6. The Morgan fingerprint density at radius 1 is 1.23 bits per heavy atom. The quantitative estimate of drug-likeness (QED) is 0.342. The summed E-state index contributed by atoms with van der Waals surface area (Å²) in [5.41, 5.74) is 6.37. The lowest BCUT2D eigenvalue weighted by molar-refractivity contribution is -0.0548. The molecule has 0 aliphatic carbocycles. The van der Waals surface area contributed by atoms with Crippen LogP contribution in [0.5, 0.6) is 0 Å². The number of anilines is 1. The number of hydrogen-bond donors (Lipinski definition) is 5. The summed E-state index contributed by atoms with van der Waals surface area (Å²) in [6.07, 6.45) is -0.814. The summed E-state index contributed by atoms with van der Waals surface area (Å²) in [7, 11) is 0. The number of H-pyrrole nitrogens is 1. The molecule has 0 saturated carbocycles. The van der Waals surface area contributed by atoms with Gasteiger partial charge in [0.2, 0.25) is 5.95 Å². The maximum atomic E-state index is 12.3. The van der Waals surface area contributed by atoms with Crippen molar-refractivity contribution in [3.63, 3.8) is 0 Å². The van der Waals surface area contributed by atoms with E-state index < -0.39 is 36.7 Å². The van der Waals surface area contributed by atoms with Crippen LogP contribution >= 0.6 is 11.8 Å². The van der Waals surface area contributed by atoms with E-state index >= 15 is 0 Å². The highest BCUT2D eigenvalue weighted by molar-refractivity contribution is 7.99. The number of imidazole rings is 1. The molecule has 4 rings (SSSR count). The van der Waals surface area contributed by atoms with Crippen molar-refractivity contribution in [2.24, 2.45) is 0 Å². The van der Waals surface area contributed by atoms with E-state index in [0.29, 0.717) is 10.9 Å². The van der Waals surface area contributed by atoms with Gasteiger partial charge in [0, 0.05) is 5.75 Å². The van der Waals surface area contributed by atoms with Crippen molar-refractivity contribution < 1.29 is 20.1 Å². The zero-order valence-electron chi connectivity index (χ0n) is 15.8. The Hall–Kier alpha value is -2.70. The van der Waals surface area contributed by atoms with E-state index in [-0.39, 0.29) is 17.1 Å². The zero-order chi connectivity index (χ0) is 21.3. The molecule has 3 aromatic rings. The van der Waals surface area contributed by atoms with Crippen LogP contribution in [0.4, 0.5) is 5.95 Å². The predicted octanol–water partition coefficient (Wildman–Crippen LogP) is 0.119. The first kappa shape index (κ1) is 20.6. The van der Waals surface area contributed by atoms with Gasteiger partial charge in [-0.05, 0) is 5.56 Å². The van der Waals surface area contributed by atoms with Crippen molar-refractivity contribution in [2.75, 3.05) is 18.1 Å². The Bertz CT molecular complexity index is 1120. The van der Waals surface area contributed by atoms with Gasteiger partial charge in [0.05, 0.1) is 6.61 Å². The van der Waals surface area contributed by atoms with Gasteiger partial charge in [-0.2, -0.15) is 4.98 Å². The van der Waals surface area contributed by atoms with Crippen LogP contribution in [0.25, 0.3) is 17.2 Å². The summed E-state index contributed by atoms with van der Waals surface area (Å²) in [5, 5.41) is 30.4. The Balaban J connectivity index is 1.68. The van der Waals surface area contributed by atoms with E-state index in [1.165, 1.54) is 16.3 Å². The lowest BCUT2D eigenvalue weighted by Gasteiger charge is -2.18. The van der Waals surface area contributed by atoms with Crippen LogP contribution < -0.4 is 11.3 Å². The monoisotopic (exact) mass is 431 g/mol. The maximum absolute atomic E-state index is 12.3. The summed E-state index contributed by atoms with van der Waals surface area (Å²) in [4.78, 5) is 23.2. The van der Waals surface area contributed by atoms with Gasteiger partial charge in [-0.15, -0.1) is 0 Å². The lowest BCUT2D eigenvalue weighted by atomic mass is 10.1. The molecule has 2 aromatic heterocycles. The SMILES string of the molecule is Nc1nc2c(nc(SC/C=C/c3ccccc3)n2[C@@H]2O[C@H](CO)C(O)C2O)c(=O)[nH]1. The second-order valence-corrected chi connectivity index (χ2v) is 7.73. The van der Waals surface area contributed by atoms with Crippen molar-refractivity contribution in [1.82, 2.24) is 19.5 Å². The van der Waals surface area contributed by atoms with E-state index in [4.69, 9.17) is 10.5 Å². The first-order valence-electron chi connectivity index (χ1n) is 9.24. The number of ether oxygens (including phenoxy) is 1. The summed E-state index contributed by atoms with van der Waals surface area (Å²) < 4.78 is 7.07. The Morgan fingerprint density at radius 2 is 2.00 bits per heavy atom. The van der Waals surface area contributed by atoms with Crippen LogP contribution in [-0.2, 0) is 4.74 Å². The van der Waals surface area contributed by atoms with Gasteiger partial charge in [-0.3, -0.25) is 14.3 Å². The van der Waals surface area contributed by atoms with Crippen LogP contribution in [0.1, 0.15) is 11.8 Å². The molecule has 2 unspecified atom stereocenters. The molecule has 1 aliphatic heterocycles. The molecule has 0 bridgehead atoms. The fraction of sp³-hybridized carbons (Fsp3) is 0.316. The second kappa shape index (κ2) is 8.58. The Labute approximate surface area is 175 Å². The maximum Gasteiger partial charge on any atom is 0.280 e. The van der Waals surface area contributed by atoms with Gasteiger partial charge >= 0.3 is 0 Å². The fourth-order valence-electron chi connectivity index (χ4n) is 3.28. The van der Waals surface area contributed by atoms with E-state index in [2.05, 4.69) is 15.0 Å². The summed E-state index contributed by atoms with van der Waals surface area (Å²) >= 11 is 1.30. The lowest BCUT2D eigenvalue weighted by Crippen LogP contribution is -2.33. The highest BCUT2D eigenvalue weighted by atomic mass is 32.2. The summed E-state index contributed by atoms with van der Waals surface area (Å²) in [6.45, 7) is -0.472. The number of hydrogen-bond acceptors (Lipinski definition) is 9. The van der Waals surface area contributed by atoms with Crippen LogP contribution in [0.3, 0.4) is 0 Å². The Morgan fingerprint density at radius 3 is 2.70 bits per heavy atom.